The summed E-state index contributed by atoms with van der Waals surface area (Å²) < 4.78 is 0. The third-order valence-corrected chi connectivity index (χ3v) is 4.01. The average Bonchev–Trinajstić information content (AvgIpc) is 2.66. The molecule has 0 saturated heterocycles. The van der Waals surface area contributed by atoms with Gasteiger partial charge in [-0.15, -0.1) is 0 Å². The molecule has 0 unspecified atom stereocenters. The molecule has 0 rings (SSSR count). The summed E-state index contributed by atoms with van der Waals surface area (Å²) in [5.41, 5.74) is 15.8. The minimum atomic E-state index is -1.34. The van der Waals surface area contributed by atoms with Crippen LogP contribution in [-0.4, -0.2) is 76.5 Å². The van der Waals surface area contributed by atoms with Gasteiger partial charge in [-0.05, 0) is 33.1 Å². The molecule has 0 aliphatic rings. The Labute approximate surface area is 179 Å². The molecule has 14 nitrogen and oxygen atoms in total. The van der Waals surface area contributed by atoms with Gasteiger partial charge < -0.3 is 43.4 Å². The second-order valence-electron chi connectivity index (χ2n) is 6.86. The highest BCUT2D eigenvalue weighted by molar-refractivity contribution is 5.94. The zero-order valence-electron chi connectivity index (χ0n) is 17.5. The highest BCUT2D eigenvalue weighted by atomic mass is 16.4. The monoisotopic (exact) mass is 445 g/mol. The number of amides is 3. The van der Waals surface area contributed by atoms with E-state index in [1.165, 1.54) is 13.8 Å². The number of guanidine groups is 1. The first-order chi connectivity index (χ1) is 14.3. The molecule has 0 spiro atoms. The van der Waals surface area contributed by atoms with E-state index in [0.29, 0.717) is 0 Å². The van der Waals surface area contributed by atoms with Gasteiger partial charge >= 0.3 is 11.9 Å². The normalized spacial score (nSPS) is 14.3. The molecule has 0 aromatic rings. The third kappa shape index (κ3) is 12.0. The number of rotatable bonds is 14. The van der Waals surface area contributed by atoms with Crippen LogP contribution in [0.2, 0.25) is 0 Å². The second-order valence-corrected chi connectivity index (χ2v) is 6.86. The van der Waals surface area contributed by atoms with Gasteiger partial charge in [-0.25, -0.2) is 4.79 Å². The van der Waals surface area contributed by atoms with Crippen LogP contribution in [0.1, 0.15) is 39.5 Å². The van der Waals surface area contributed by atoms with Crippen molar-refractivity contribution in [3.8, 4) is 0 Å². The van der Waals surface area contributed by atoms with Gasteiger partial charge in [0.25, 0.3) is 0 Å². The van der Waals surface area contributed by atoms with E-state index in [-0.39, 0.29) is 31.8 Å². The Kier molecular flexibility index (Phi) is 12.2. The van der Waals surface area contributed by atoms with Gasteiger partial charge in [-0.2, -0.15) is 0 Å². The largest absolute Gasteiger partial charge is 0.481 e. The Morgan fingerprint density at radius 1 is 0.871 bits per heavy atom. The van der Waals surface area contributed by atoms with Crippen molar-refractivity contribution in [1.29, 1.82) is 0 Å². The minimum Gasteiger partial charge on any atom is -0.481 e. The Balaban J connectivity index is 5.14. The standard InChI is InChI=1S/C17H31N7O7/c1-8(18)13(27)22-9(2)14(28)23-10(5-6-12(25)26)15(29)24-11(16(30)31)4-3-7-21-17(19)20/h8-11H,3-7,18H2,1-2H3,(H,22,27)(H,23,28)(H,24,29)(H,25,26)(H,30,31)(H4,19,20,21)/t8-,9-,10-,11-/m0/s1. The average molecular weight is 445 g/mol. The quantitative estimate of drug-likeness (QED) is 0.0755. The van der Waals surface area contributed by atoms with Gasteiger partial charge in [-0.1, -0.05) is 0 Å². The Morgan fingerprint density at radius 3 is 1.94 bits per heavy atom. The van der Waals surface area contributed by atoms with Gasteiger partial charge in [0, 0.05) is 13.0 Å². The molecular formula is C17H31N7O7. The maximum absolute atomic E-state index is 12.5. The maximum atomic E-state index is 12.5. The van der Waals surface area contributed by atoms with Crippen LogP contribution in [0.25, 0.3) is 0 Å². The molecule has 4 atom stereocenters. The van der Waals surface area contributed by atoms with Crippen molar-refractivity contribution in [1.82, 2.24) is 16.0 Å². The summed E-state index contributed by atoms with van der Waals surface area (Å²) in [6.07, 6.45) is -0.498. The van der Waals surface area contributed by atoms with Crippen molar-refractivity contribution in [2.75, 3.05) is 6.54 Å². The summed E-state index contributed by atoms with van der Waals surface area (Å²) in [7, 11) is 0. The molecule has 0 fully saturated rings. The molecule has 0 aliphatic heterocycles. The highest BCUT2D eigenvalue weighted by Gasteiger charge is 2.28. The van der Waals surface area contributed by atoms with E-state index < -0.39 is 60.2 Å². The number of hydrogen-bond donors (Lipinski definition) is 8. The summed E-state index contributed by atoms with van der Waals surface area (Å²) in [6.45, 7) is 2.92. The molecule has 0 bridgehead atoms. The molecule has 0 aromatic heterocycles. The van der Waals surface area contributed by atoms with E-state index >= 15 is 0 Å². The molecule has 14 heteroatoms. The topological polar surface area (TPSA) is 252 Å². The van der Waals surface area contributed by atoms with Crippen LogP contribution >= 0.6 is 0 Å². The summed E-state index contributed by atoms with van der Waals surface area (Å²) in [6, 6.07) is -4.57. The van der Waals surface area contributed by atoms with Crippen LogP contribution in [0.15, 0.2) is 4.99 Å². The lowest BCUT2D eigenvalue weighted by atomic mass is 10.1. The molecule has 0 aliphatic carbocycles. The van der Waals surface area contributed by atoms with E-state index in [4.69, 9.17) is 22.3 Å². The van der Waals surface area contributed by atoms with Crippen molar-refractivity contribution >= 4 is 35.6 Å². The number of carboxylic acids is 2. The first-order valence-corrected chi connectivity index (χ1v) is 9.51. The van der Waals surface area contributed by atoms with E-state index in [1.54, 1.807) is 0 Å². The van der Waals surface area contributed by atoms with Crippen molar-refractivity contribution < 1.29 is 34.2 Å². The number of aliphatic carboxylic acids is 2. The molecule has 31 heavy (non-hydrogen) atoms. The zero-order valence-corrected chi connectivity index (χ0v) is 17.5. The lowest BCUT2D eigenvalue weighted by molar-refractivity contribution is -0.143. The molecule has 3 amide bonds. The fourth-order valence-electron chi connectivity index (χ4n) is 2.28. The molecular weight excluding hydrogens is 414 g/mol. The van der Waals surface area contributed by atoms with E-state index in [0.717, 1.165) is 0 Å². The number of nitrogens with one attached hydrogen (secondary N) is 3. The number of hydrogen-bond acceptors (Lipinski definition) is 7. The van der Waals surface area contributed by atoms with E-state index in [2.05, 4.69) is 20.9 Å². The molecule has 176 valence electrons. The fraction of sp³-hybridized carbons (Fsp3) is 0.647. The number of carbonyl (C=O) groups is 5. The molecule has 0 saturated carbocycles. The molecule has 0 radical (unpaired) electrons. The number of carboxylic acid groups (broad SMARTS) is 2. The fourth-order valence-corrected chi connectivity index (χ4v) is 2.28. The lowest BCUT2D eigenvalue weighted by Crippen LogP contribution is -2.56. The summed E-state index contributed by atoms with van der Waals surface area (Å²) in [5.74, 6) is -4.93. The van der Waals surface area contributed by atoms with E-state index in [9.17, 15) is 29.1 Å². The van der Waals surface area contributed by atoms with Gasteiger partial charge in [0.05, 0.1) is 6.04 Å². The highest BCUT2D eigenvalue weighted by Crippen LogP contribution is 2.04. The Bertz CT molecular complexity index is 692. The molecule has 0 heterocycles. The first kappa shape index (κ1) is 27.6. The van der Waals surface area contributed by atoms with Crippen LogP contribution in [0.4, 0.5) is 0 Å². The predicted octanol–water partition coefficient (Wildman–Crippen LogP) is -3.19. The number of aliphatic imine (C=N–C) groups is 1. The number of carbonyl (C=O) groups excluding carboxylic acids is 3. The lowest BCUT2D eigenvalue weighted by Gasteiger charge is -2.23. The zero-order chi connectivity index (χ0) is 24.1. The minimum absolute atomic E-state index is 0.00169. The van der Waals surface area contributed by atoms with Crippen molar-refractivity contribution in [3.63, 3.8) is 0 Å². The number of nitrogens with zero attached hydrogens (tertiary/aromatic N) is 1. The van der Waals surface area contributed by atoms with E-state index in [1.807, 2.05) is 0 Å². The van der Waals surface area contributed by atoms with Gasteiger partial charge in [0.1, 0.15) is 18.1 Å². The van der Waals surface area contributed by atoms with Crippen LogP contribution in [0.3, 0.4) is 0 Å². The summed E-state index contributed by atoms with van der Waals surface area (Å²) in [5, 5.41) is 25.1. The van der Waals surface area contributed by atoms with Gasteiger partial charge in [0.2, 0.25) is 17.7 Å². The van der Waals surface area contributed by atoms with Crippen molar-refractivity contribution in [2.45, 2.75) is 63.7 Å². The van der Waals surface area contributed by atoms with Crippen LogP contribution in [-0.2, 0) is 24.0 Å². The van der Waals surface area contributed by atoms with Gasteiger partial charge in [-0.3, -0.25) is 24.2 Å². The first-order valence-electron chi connectivity index (χ1n) is 9.51. The number of nitrogens with two attached hydrogens (primary N) is 3. The smallest absolute Gasteiger partial charge is 0.326 e. The summed E-state index contributed by atoms with van der Waals surface area (Å²) >= 11 is 0. The molecule has 0 aromatic carbocycles. The SMILES string of the molecule is C[C@H](N)C(=O)N[C@@H](C)C(=O)N[C@@H](CCC(=O)O)C(=O)N[C@@H](CCCN=C(N)N)C(=O)O. The predicted molar refractivity (Wildman–Crippen MR) is 110 cm³/mol. The maximum Gasteiger partial charge on any atom is 0.326 e. The van der Waals surface area contributed by atoms with Crippen LogP contribution in [0, 0.1) is 0 Å². The van der Waals surface area contributed by atoms with Crippen LogP contribution < -0.4 is 33.2 Å². The van der Waals surface area contributed by atoms with Gasteiger partial charge in [0.15, 0.2) is 5.96 Å². The summed E-state index contributed by atoms with van der Waals surface area (Å²) in [4.78, 5) is 62.5. The second kappa shape index (κ2) is 13.7. The Morgan fingerprint density at radius 2 is 1.45 bits per heavy atom. The Hall–Kier alpha value is -3.42. The van der Waals surface area contributed by atoms with Crippen molar-refractivity contribution in [2.24, 2.45) is 22.2 Å². The van der Waals surface area contributed by atoms with Crippen LogP contribution in [0.5, 0.6) is 0 Å². The third-order valence-electron chi connectivity index (χ3n) is 4.01. The molecule has 11 N–H and O–H groups in total. The van der Waals surface area contributed by atoms with Crippen molar-refractivity contribution in [3.05, 3.63) is 0 Å².